The molecule has 0 saturated heterocycles. The topological polar surface area (TPSA) is 12.0 Å². The molecule has 78 valence electrons. The molecule has 1 nitrogen and oxygen atoms in total. The molecule has 1 heterocycles. The molecular weight excluding hydrogens is 209 g/mol. The van der Waals surface area contributed by atoms with E-state index < -0.39 is 0 Å². The highest BCUT2D eigenvalue weighted by Crippen LogP contribution is 2.25. The molecule has 3 heteroatoms. The van der Waals surface area contributed by atoms with Crippen molar-refractivity contribution >= 4 is 11.3 Å². The van der Waals surface area contributed by atoms with Gasteiger partial charge in [-0.3, -0.25) is 0 Å². The lowest BCUT2D eigenvalue weighted by atomic mass is 10.0. The van der Waals surface area contributed by atoms with Gasteiger partial charge < -0.3 is 5.32 Å². The summed E-state index contributed by atoms with van der Waals surface area (Å²) in [6.45, 7) is 0. The number of nitrogens with one attached hydrogen (secondary N) is 1. The quantitative estimate of drug-likeness (QED) is 0.839. The maximum Gasteiger partial charge on any atom is 0.128 e. The van der Waals surface area contributed by atoms with Crippen molar-refractivity contribution in [3.63, 3.8) is 0 Å². The van der Waals surface area contributed by atoms with Crippen LogP contribution in [0.25, 0.3) is 0 Å². The van der Waals surface area contributed by atoms with E-state index in [1.807, 2.05) is 36.0 Å². The first-order chi connectivity index (χ1) is 7.33. The van der Waals surface area contributed by atoms with E-state index in [0.29, 0.717) is 5.56 Å². The van der Waals surface area contributed by atoms with Crippen molar-refractivity contribution in [2.24, 2.45) is 0 Å². The van der Waals surface area contributed by atoms with Gasteiger partial charge in [-0.05, 0) is 35.5 Å². The average Bonchev–Trinajstić information content (AvgIpc) is 2.75. The second-order valence-electron chi connectivity index (χ2n) is 3.30. The molecule has 0 radical (unpaired) electrons. The zero-order valence-electron chi connectivity index (χ0n) is 8.41. The molecule has 0 saturated carbocycles. The van der Waals surface area contributed by atoms with E-state index in [-0.39, 0.29) is 11.9 Å². The van der Waals surface area contributed by atoms with Gasteiger partial charge in [0.2, 0.25) is 0 Å². The normalized spacial score (nSPS) is 12.7. The maximum absolute atomic E-state index is 13.6. The first-order valence-corrected chi connectivity index (χ1v) is 5.71. The molecule has 2 aromatic rings. The van der Waals surface area contributed by atoms with E-state index in [1.165, 1.54) is 6.07 Å². The monoisotopic (exact) mass is 221 g/mol. The Bertz CT molecular complexity index is 425. The summed E-state index contributed by atoms with van der Waals surface area (Å²) in [5.74, 6) is -0.164. The average molecular weight is 221 g/mol. The molecule has 0 aliphatic rings. The minimum absolute atomic E-state index is 0.0579. The van der Waals surface area contributed by atoms with Crippen LogP contribution in [0.15, 0.2) is 41.1 Å². The van der Waals surface area contributed by atoms with E-state index in [9.17, 15) is 4.39 Å². The van der Waals surface area contributed by atoms with Crippen LogP contribution < -0.4 is 5.32 Å². The molecule has 1 unspecified atom stereocenters. The molecule has 0 aliphatic carbocycles. The fraction of sp³-hybridized carbons (Fsp3) is 0.167. The van der Waals surface area contributed by atoms with Crippen molar-refractivity contribution in [3.05, 3.63) is 58.0 Å². The standard InChI is InChI=1S/C12H12FNS/c1-14-12(9-6-7-15-8-9)10-4-2-3-5-11(10)13/h2-8,12,14H,1H3. The van der Waals surface area contributed by atoms with Crippen LogP contribution in [-0.4, -0.2) is 7.05 Å². The number of hydrogen-bond donors (Lipinski definition) is 1. The Hall–Kier alpha value is -1.19. The van der Waals surface area contributed by atoms with Gasteiger partial charge in [0.25, 0.3) is 0 Å². The van der Waals surface area contributed by atoms with E-state index in [1.54, 1.807) is 17.4 Å². The van der Waals surface area contributed by atoms with Gasteiger partial charge in [-0.25, -0.2) is 4.39 Å². The SMILES string of the molecule is CNC(c1ccsc1)c1ccccc1F. The molecule has 0 amide bonds. The molecule has 1 aromatic carbocycles. The van der Waals surface area contributed by atoms with Crippen molar-refractivity contribution in [1.29, 1.82) is 0 Å². The maximum atomic E-state index is 13.6. The van der Waals surface area contributed by atoms with Gasteiger partial charge in [0.05, 0.1) is 6.04 Å². The molecule has 2 rings (SSSR count). The third-order valence-electron chi connectivity index (χ3n) is 2.38. The fourth-order valence-electron chi connectivity index (χ4n) is 1.65. The highest BCUT2D eigenvalue weighted by molar-refractivity contribution is 7.08. The summed E-state index contributed by atoms with van der Waals surface area (Å²) in [4.78, 5) is 0. The van der Waals surface area contributed by atoms with Crippen LogP contribution in [0.5, 0.6) is 0 Å². The smallest absolute Gasteiger partial charge is 0.128 e. The number of benzene rings is 1. The molecule has 0 fully saturated rings. The predicted molar refractivity (Wildman–Crippen MR) is 61.6 cm³/mol. The van der Waals surface area contributed by atoms with Gasteiger partial charge in [-0.2, -0.15) is 11.3 Å². The Morgan fingerprint density at radius 3 is 2.67 bits per heavy atom. The number of halogens is 1. The van der Waals surface area contributed by atoms with Crippen molar-refractivity contribution in [3.8, 4) is 0 Å². The van der Waals surface area contributed by atoms with E-state index in [4.69, 9.17) is 0 Å². The third kappa shape index (κ3) is 2.08. The van der Waals surface area contributed by atoms with Crippen LogP contribution in [0.2, 0.25) is 0 Å². The number of thiophene rings is 1. The zero-order valence-corrected chi connectivity index (χ0v) is 9.22. The summed E-state index contributed by atoms with van der Waals surface area (Å²) < 4.78 is 13.6. The minimum Gasteiger partial charge on any atom is -0.309 e. The molecule has 0 bridgehead atoms. The van der Waals surface area contributed by atoms with E-state index >= 15 is 0 Å². The lowest BCUT2D eigenvalue weighted by Crippen LogP contribution is -2.18. The van der Waals surface area contributed by atoms with Crippen molar-refractivity contribution in [2.75, 3.05) is 7.05 Å². The molecule has 1 atom stereocenters. The highest BCUT2D eigenvalue weighted by Gasteiger charge is 2.15. The second-order valence-corrected chi connectivity index (χ2v) is 4.08. The van der Waals surface area contributed by atoms with Gasteiger partial charge in [0, 0.05) is 5.56 Å². The fourth-order valence-corrected chi connectivity index (χ4v) is 2.34. The van der Waals surface area contributed by atoms with Crippen LogP contribution in [0, 0.1) is 5.82 Å². The van der Waals surface area contributed by atoms with Crippen LogP contribution in [0.4, 0.5) is 4.39 Å². The predicted octanol–water partition coefficient (Wildman–Crippen LogP) is 3.20. The Kier molecular flexibility index (Phi) is 3.14. The van der Waals surface area contributed by atoms with Crippen LogP contribution in [0.1, 0.15) is 17.2 Å². The van der Waals surface area contributed by atoms with Gasteiger partial charge in [0.1, 0.15) is 5.82 Å². The second kappa shape index (κ2) is 4.55. The summed E-state index contributed by atoms with van der Waals surface area (Å²) in [6, 6.07) is 8.82. The van der Waals surface area contributed by atoms with Crippen LogP contribution >= 0.6 is 11.3 Å². The Morgan fingerprint density at radius 1 is 1.27 bits per heavy atom. The molecule has 1 aromatic heterocycles. The number of hydrogen-bond acceptors (Lipinski definition) is 2. The van der Waals surface area contributed by atoms with Gasteiger partial charge in [-0.1, -0.05) is 18.2 Å². The van der Waals surface area contributed by atoms with Crippen molar-refractivity contribution in [2.45, 2.75) is 6.04 Å². The lowest BCUT2D eigenvalue weighted by Gasteiger charge is -2.15. The molecular formula is C12H12FNS. The van der Waals surface area contributed by atoms with Crippen molar-refractivity contribution in [1.82, 2.24) is 5.32 Å². The summed E-state index contributed by atoms with van der Waals surface area (Å²) in [5.41, 5.74) is 1.80. The first-order valence-electron chi connectivity index (χ1n) is 4.76. The lowest BCUT2D eigenvalue weighted by molar-refractivity contribution is 0.577. The summed E-state index contributed by atoms with van der Waals surface area (Å²) >= 11 is 1.62. The van der Waals surface area contributed by atoms with E-state index in [0.717, 1.165) is 5.56 Å². The largest absolute Gasteiger partial charge is 0.309 e. The first kappa shape index (κ1) is 10.3. The van der Waals surface area contributed by atoms with Gasteiger partial charge in [-0.15, -0.1) is 0 Å². The molecule has 0 spiro atoms. The van der Waals surface area contributed by atoms with Gasteiger partial charge in [0.15, 0.2) is 0 Å². The summed E-state index contributed by atoms with van der Waals surface area (Å²) in [5, 5.41) is 7.16. The Morgan fingerprint density at radius 2 is 2.07 bits per heavy atom. The number of rotatable bonds is 3. The van der Waals surface area contributed by atoms with Crippen LogP contribution in [0.3, 0.4) is 0 Å². The Balaban J connectivity index is 2.40. The van der Waals surface area contributed by atoms with Crippen LogP contribution in [-0.2, 0) is 0 Å². The highest BCUT2D eigenvalue weighted by atomic mass is 32.1. The van der Waals surface area contributed by atoms with Gasteiger partial charge >= 0.3 is 0 Å². The molecule has 15 heavy (non-hydrogen) atoms. The summed E-state index contributed by atoms with van der Waals surface area (Å²) in [6.07, 6.45) is 0. The molecule has 0 aliphatic heterocycles. The minimum atomic E-state index is -0.164. The van der Waals surface area contributed by atoms with E-state index in [2.05, 4.69) is 5.32 Å². The molecule has 1 N–H and O–H groups in total. The summed E-state index contributed by atoms with van der Waals surface area (Å²) in [7, 11) is 1.84. The zero-order chi connectivity index (χ0) is 10.7. The van der Waals surface area contributed by atoms with Crippen molar-refractivity contribution < 1.29 is 4.39 Å². The third-order valence-corrected chi connectivity index (χ3v) is 3.08. The Labute approximate surface area is 92.6 Å².